The Bertz CT molecular complexity index is 582. The van der Waals surface area contributed by atoms with Crippen LogP contribution >= 0.6 is 11.3 Å². The number of rotatable bonds is 5. The van der Waals surface area contributed by atoms with Gasteiger partial charge in [0.25, 0.3) is 5.91 Å². The van der Waals surface area contributed by atoms with E-state index in [1.165, 1.54) is 0 Å². The normalized spacial score (nSPS) is 12.2. The standard InChI is InChI=1S/C15H18N2O2S/c1-10(5-7-18)16-15(19)13-3-4-14(17-11(13)2)12-6-8-20-9-12/h3-4,6,8-10,18H,5,7H2,1-2H3,(H,16,19)/t10-/m1/s1. The predicted molar refractivity (Wildman–Crippen MR) is 80.9 cm³/mol. The van der Waals surface area contributed by atoms with Crippen LogP contribution in [0.1, 0.15) is 29.4 Å². The van der Waals surface area contributed by atoms with Crippen molar-refractivity contribution < 1.29 is 9.90 Å². The molecule has 20 heavy (non-hydrogen) atoms. The number of hydrogen-bond donors (Lipinski definition) is 2. The third kappa shape index (κ3) is 3.43. The molecule has 4 nitrogen and oxygen atoms in total. The van der Waals surface area contributed by atoms with Crippen LogP contribution in [-0.4, -0.2) is 28.6 Å². The van der Waals surface area contributed by atoms with E-state index < -0.39 is 0 Å². The molecule has 0 aliphatic carbocycles. The van der Waals surface area contributed by atoms with Crippen molar-refractivity contribution in [2.45, 2.75) is 26.3 Å². The Morgan fingerprint density at radius 1 is 1.45 bits per heavy atom. The Morgan fingerprint density at radius 3 is 2.85 bits per heavy atom. The SMILES string of the molecule is Cc1nc(-c2ccsc2)ccc1C(=O)N[C@H](C)CCO. The molecular weight excluding hydrogens is 272 g/mol. The maximum atomic E-state index is 12.1. The van der Waals surface area contributed by atoms with Crippen LogP contribution in [0.15, 0.2) is 29.0 Å². The van der Waals surface area contributed by atoms with Gasteiger partial charge in [0.15, 0.2) is 0 Å². The smallest absolute Gasteiger partial charge is 0.253 e. The maximum absolute atomic E-state index is 12.1. The number of aliphatic hydroxyl groups excluding tert-OH is 1. The summed E-state index contributed by atoms with van der Waals surface area (Å²) in [6.45, 7) is 3.77. The third-order valence-electron chi connectivity index (χ3n) is 3.09. The second kappa shape index (κ2) is 6.63. The molecule has 0 saturated carbocycles. The summed E-state index contributed by atoms with van der Waals surface area (Å²) in [6.07, 6.45) is 0.547. The average Bonchev–Trinajstić information content (AvgIpc) is 2.92. The quantitative estimate of drug-likeness (QED) is 0.890. The molecule has 2 aromatic heterocycles. The van der Waals surface area contributed by atoms with E-state index in [1.54, 1.807) is 17.4 Å². The number of amides is 1. The molecule has 1 amide bonds. The maximum Gasteiger partial charge on any atom is 0.253 e. The lowest BCUT2D eigenvalue weighted by Crippen LogP contribution is -2.33. The lowest BCUT2D eigenvalue weighted by molar-refractivity contribution is 0.0933. The van der Waals surface area contributed by atoms with Crippen molar-refractivity contribution in [2.75, 3.05) is 6.61 Å². The molecule has 0 aliphatic heterocycles. The van der Waals surface area contributed by atoms with Crippen LogP contribution in [0, 0.1) is 6.92 Å². The highest BCUT2D eigenvalue weighted by Crippen LogP contribution is 2.21. The van der Waals surface area contributed by atoms with E-state index in [2.05, 4.69) is 10.3 Å². The highest BCUT2D eigenvalue weighted by molar-refractivity contribution is 7.08. The molecule has 106 valence electrons. The Hall–Kier alpha value is -1.72. The van der Waals surface area contributed by atoms with Gasteiger partial charge in [-0.2, -0.15) is 11.3 Å². The molecular formula is C15H18N2O2S. The second-order valence-corrected chi connectivity index (χ2v) is 5.51. The monoisotopic (exact) mass is 290 g/mol. The van der Waals surface area contributed by atoms with Gasteiger partial charge >= 0.3 is 0 Å². The van der Waals surface area contributed by atoms with Crippen molar-refractivity contribution in [3.8, 4) is 11.3 Å². The largest absolute Gasteiger partial charge is 0.396 e. The van der Waals surface area contributed by atoms with Crippen molar-refractivity contribution in [2.24, 2.45) is 0 Å². The number of carbonyl (C=O) groups excluding carboxylic acids is 1. The number of nitrogens with zero attached hydrogens (tertiary/aromatic N) is 1. The number of aromatic nitrogens is 1. The topological polar surface area (TPSA) is 62.2 Å². The molecule has 0 fully saturated rings. The number of aliphatic hydroxyl groups is 1. The predicted octanol–water partition coefficient (Wildman–Crippen LogP) is 2.62. The number of thiophene rings is 1. The number of aryl methyl sites for hydroxylation is 1. The minimum Gasteiger partial charge on any atom is -0.396 e. The molecule has 0 radical (unpaired) electrons. The van der Waals surface area contributed by atoms with E-state index >= 15 is 0 Å². The summed E-state index contributed by atoms with van der Waals surface area (Å²) in [5.41, 5.74) is 3.23. The Kier molecular flexibility index (Phi) is 4.87. The highest BCUT2D eigenvalue weighted by Gasteiger charge is 2.13. The van der Waals surface area contributed by atoms with Crippen molar-refractivity contribution in [3.05, 3.63) is 40.2 Å². The average molecular weight is 290 g/mol. The molecule has 2 rings (SSSR count). The van der Waals surface area contributed by atoms with Crippen LogP contribution < -0.4 is 5.32 Å². The summed E-state index contributed by atoms with van der Waals surface area (Å²) in [7, 11) is 0. The van der Waals surface area contributed by atoms with Gasteiger partial charge in [0.1, 0.15) is 0 Å². The van der Waals surface area contributed by atoms with E-state index in [4.69, 9.17) is 5.11 Å². The van der Waals surface area contributed by atoms with Gasteiger partial charge in [0, 0.05) is 23.6 Å². The van der Waals surface area contributed by atoms with Crippen molar-refractivity contribution in [1.29, 1.82) is 0 Å². The molecule has 2 heterocycles. The van der Waals surface area contributed by atoms with Gasteiger partial charge in [-0.15, -0.1) is 0 Å². The van der Waals surface area contributed by atoms with Gasteiger partial charge in [-0.05, 0) is 43.8 Å². The molecule has 0 saturated heterocycles. The van der Waals surface area contributed by atoms with Crippen LogP contribution in [0.3, 0.4) is 0 Å². The van der Waals surface area contributed by atoms with Gasteiger partial charge in [0.05, 0.1) is 17.0 Å². The molecule has 0 unspecified atom stereocenters. The van der Waals surface area contributed by atoms with E-state index in [0.717, 1.165) is 11.3 Å². The van der Waals surface area contributed by atoms with Crippen molar-refractivity contribution in [3.63, 3.8) is 0 Å². The van der Waals surface area contributed by atoms with Gasteiger partial charge in [0.2, 0.25) is 0 Å². The molecule has 5 heteroatoms. The summed E-state index contributed by atoms with van der Waals surface area (Å²) in [5.74, 6) is -0.146. The lowest BCUT2D eigenvalue weighted by Gasteiger charge is -2.13. The third-order valence-corrected chi connectivity index (χ3v) is 3.77. The van der Waals surface area contributed by atoms with Gasteiger partial charge in [-0.3, -0.25) is 9.78 Å². The Labute approximate surface area is 122 Å². The fourth-order valence-electron chi connectivity index (χ4n) is 1.94. The van der Waals surface area contributed by atoms with Gasteiger partial charge in [-0.25, -0.2) is 0 Å². The Morgan fingerprint density at radius 2 is 2.25 bits per heavy atom. The summed E-state index contributed by atoms with van der Waals surface area (Å²) in [6, 6.07) is 5.62. The van der Waals surface area contributed by atoms with Crippen molar-refractivity contribution >= 4 is 17.2 Å². The molecule has 2 N–H and O–H groups in total. The zero-order chi connectivity index (χ0) is 14.5. The van der Waals surface area contributed by atoms with Crippen LogP contribution in [0.2, 0.25) is 0 Å². The highest BCUT2D eigenvalue weighted by atomic mass is 32.1. The van der Waals surface area contributed by atoms with E-state index in [0.29, 0.717) is 17.7 Å². The fraction of sp³-hybridized carbons (Fsp3) is 0.333. The van der Waals surface area contributed by atoms with E-state index in [1.807, 2.05) is 36.7 Å². The number of carbonyl (C=O) groups is 1. The zero-order valence-electron chi connectivity index (χ0n) is 11.6. The zero-order valence-corrected chi connectivity index (χ0v) is 12.4. The van der Waals surface area contributed by atoms with E-state index in [-0.39, 0.29) is 18.6 Å². The van der Waals surface area contributed by atoms with Crippen LogP contribution in [0.5, 0.6) is 0 Å². The van der Waals surface area contributed by atoms with Gasteiger partial charge in [-0.1, -0.05) is 0 Å². The lowest BCUT2D eigenvalue weighted by atomic mass is 10.1. The molecule has 2 aromatic rings. The van der Waals surface area contributed by atoms with Crippen LogP contribution in [0.25, 0.3) is 11.3 Å². The number of nitrogens with one attached hydrogen (secondary N) is 1. The first-order valence-corrected chi connectivity index (χ1v) is 7.48. The molecule has 0 aromatic carbocycles. The first kappa shape index (κ1) is 14.7. The molecule has 1 atom stereocenters. The van der Waals surface area contributed by atoms with Crippen LogP contribution in [-0.2, 0) is 0 Å². The summed E-state index contributed by atoms with van der Waals surface area (Å²) in [5, 5.41) is 15.7. The molecule has 0 bridgehead atoms. The first-order valence-electron chi connectivity index (χ1n) is 6.53. The minimum absolute atomic E-state index is 0.0524. The molecule has 0 spiro atoms. The van der Waals surface area contributed by atoms with Crippen LogP contribution in [0.4, 0.5) is 0 Å². The second-order valence-electron chi connectivity index (χ2n) is 4.73. The van der Waals surface area contributed by atoms with Gasteiger partial charge < -0.3 is 10.4 Å². The number of hydrogen-bond acceptors (Lipinski definition) is 4. The summed E-state index contributed by atoms with van der Waals surface area (Å²) in [4.78, 5) is 16.6. The first-order chi connectivity index (χ1) is 9.61. The number of pyridine rings is 1. The Balaban J connectivity index is 2.15. The summed E-state index contributed by atoms with van der Waals surface area (Å²) >= 11 is 1.62. The fourth-order valence-corrected chi connectivity index (χ4v) is 2.59. The summed E-state index contributed by atoms with van der Waals surface area (Å²) < 4.78 is 0. The van der Waals surface area contributed by atoms with Crippen molar-refractivity contribution in [1.82, 2.24) is 10.3 Å². The minimum atomic E-state index is -0.146. The van der Waals surface area contributed by atoms with E-state index in [9.17, 15) is 4.79 Å². The molecule has 0 aliphatic rings.